The van der Waals surface area contributed by atoms with Gasteiger partial charge in [0.1, 0.15) is 6.04 Å². The summed E-state index contributed by atoms with van der Waals surface area (Å²) in [5.74, 6) is -5.28. The molecule has 174 valence electrons. The molecule has 0 aromatic heterocycles. The molecule has 31 heavy (non-hydrogen) atoms. The van der Waals surface area contributed by atoms with Crippen molar-refractivity contribution >= 4 is 17.7 Å². The molecular formula is C19H23F6N3O3. The third-order valence-electron chi connectivity index (χ3n) is 4.12. The molecule has 0 saturated carbocycles. The minimum absolute atomic E-state index is 0.0125. The first kappa shape index (κ1) is 26.2. The molecule has 0 aliphatic carbocycles. The molecule has 0 fully saturated rings. The van der Waals surface area contributed by atoms with Gasteiger partial charge in [0.25, 0.3) is 0 Å². The maximum Gasteiger partial charge on any atom is 0.471 e. The van der Waals surface area contributed by atoms with Crippen LogP contribution in [0.15, 0.2) is 30.3 Å². The van der Waals surface area contributed by atoms with Crippen molar-refractivity contribution in [2.45, 2.75) is 57.0 Å². The molecule has 0 saturated heterocycles. The molecule has 1 aromatic rings. The molecule has 1 aromatic carbocycles. The van der Waals surface area contributed by atoms with Gasteiger partial charge in [-0.05, 0) is 38.2 Å². The SMILES string of the molecule is CC(Cc1ccccc1)NC(=O)C(CCCCNC(=O)C(F)(F)F)NC(=O)C(F)(F)F. The number of halogens is 6. The summed E-state index contributed by atoms with van der Waals surface area (Å²) in [4.78, 5) is 34.4. The molecule has 0 aliphatic heterocycles. The van der Waals surface area contributed by atoms with Crippen LogP contribution >= 0.6 is 0 Å². The summed E-state index contributed by atoms with van der Waals surface area (Å²) in [6, 6.07) is 6.99. The smallest absolute Gasteiger partial charge is 0.352 e. The molecule has 2 atom stereocenters. The van der Waals surface area contributed by atoms with Gasteiger partial charge in [-0.2, -0.15) is 26.3 Å². The van der Waals surface area contributed by atoms with E-state index in [-0.39, 0.29) is 25.8 Å². The van der Waals surface area contributed by atoms with E-state index in [0.29, 0.717) is 6.42 Å². The molecule has 0 spiro atoms. The number of carbonyl (C=O) groups is 3. The Labute approximate surface area is 174 Å². The van der Waals surface area contributed by atoms with Crippen molar-refractivity contribution in [2.75, 3.05) is 6.54 Å². The predicted molar refractivity (Wildman–Crippen MR) is 98.7 cm³/mol. The van der Waals surface area contributed by atoms with Crippen LogP contribution in [0.3, 0.4) is 0 Å². The Morgan fingerprint density at radius 3 is 2.00 bits per heavy atom. The Bertz CT molecular complexity index is 738. The fourth-order valence-electron chi connectivity index (χ4n) is 2.65. The molecule has 0 aliphatic rings. The van der Waals surface area contributed by atoms with E-state index >= 15 is 0 Å². The van der Waals surface area contributed by atoms with Gasteiger partial charge in [0.2, 0.25) is 5.91 Å². The highest BCUT2D eigenvalue weighted by atomic mass is 19.4. The molecule has 6 nitrogen and oxygen atoms in total. The van der Waals surface area contributed by atoms with Crippen molar-refractivity contribution in [3.8, 4) is 0 Å². The van der Waals surface area contributed by atoms with Crippen LogP contribution in [0.1, 0.15) is 31.7 Å². The molecule has 0 bridgehead atoms. The molecule has 0 heterocycles. The summed E-state index contributed by atoms with van der Waals surface area (Å²) in [7, 11) is 0. The Hall–Kier alpha value is -2.79. The first-order valence-corrected chi connectivity index (χ1v) is 9.37. The Morgan fingerprint density at radius 2 is 1.45 bits per heavy atom. The number of alkyl halides is 6. The lowest BCUT2D eigenvalue weighted by Gasteiger charge is -2.22. The van der Waals surface area contributed by atoms with Crippen LogP contribution < -0.4 is 16.0 Å². The van der Waals surface area contributed by atoms with Gasteiger partial charge in [-0.3, -0.25) is 14.4 Å². The van der Waals surface area contributed by atoms with Crippen LogP contribution in [-0.2, 0) is 20.8 Å². The second kappa shape index (κ2) is 11.6. The summed E-state index contributed by atoms with van der Waals surface area (Å²) in [5.41, 5.74) is 0.881. The highest BCUT2D eigenvalue weighted by Gasteiger charge is 2.41. The normalized spacial score (nSPS) is 13.8. The lowest BCUT2D eigenvalue weighted by molar-refractivity contribution is -0.174. The minimum Gasteiger partial charge on any atom is -0.352 e. The van der Waals surface area contributed by atoms with E-state index in [0.717, 1.165) is 5.56 Å². The Balaban J connectivity index is 2.62. The molecular weight excluding hydrogens is 432 g/mol. The number of rotatable bonds is 10. The van der Waals surface area contributed by atoms with Crippen molar-refractivity contribution in [3.05, 3.63) is 35.9 Å². The fourth-order valence-corrected chi connectivity index (χ4v) is 2.65. The molecule has 3 N–H and O–H groups in total. The summed E-state index contributed by atoms with van der Waals surface area (Å²) in [6.45, 7) is 1.25. The Kier molecular flexibility index (Phi) is 9.79. The van der Waals surface area contributed by atoms with Gasteiger partial charge in [-0.25, -0.2) is 0 Å². The summed E-state index contributed by atoms with van der Waals surface area (Å²) >= 11 is 0. The highest BCUT2D eigenvalue weighted by Crippen LogP contribution is 2.16. The second-order valence-corrected chi connectivity index (χ2v) is 6.87. The van der Waals surface area contributed by atoms with Crippen molar-refractivity contribution < 1.29 is 40.7 Å². The number of unbranched alkanes of at least 4 members (excludes halogenated alkanes) is 1. The lowest BCUT2D eigenvalue weighted by atomic mass is 10.1. The number of amides is 3. The highest BCUT2D eigenvalue weighted by molar-refractivity contribution is 5.89. The van der Waals surface area contributed by atoms with Gasteiger partial charge in [-0.15, -0.1) is 0 Å². The molecule has 3 amide bonds. The molecule has 1 rings (SSSR count). The van der Waals surface area contributed by atoms with Gasteiger partial charge >= 0.3 is 24.2 Å². The fraction of sp³-hybridized carbons (Fsp3) is 0.526. The molecule has 12 heteroatoms. The van der Waals surface area contributed by atoms with Gasteiger partial charge in [0.15, 0.2) is 0 Å². The van der Waals surface area contributed by atoms with Crippen molar-refractivity contribution in [2.24, 2.45) is 0 Å². The first-order chi connectivity index (χ1) is 14.3. The summed E-state index contributed by atoms with van der Waals surface area (Å²) in [6.07, 6.45) is -10.1. The standard InChI is InChI=1S/C19H23F6N3O3/c1-12(11-13-7-3-2-4-8-13)27-15(29)14(28-17(31)19(23,24)25)9-5-6-10-26-16(30)18(20,21)22/h2-4,7-8,12,14H,5-6,9-11H2,1H3,(H,26,30)(H,27,29)(H,28,31). The Morgan fingerprint density at radius 1 is 0.871 bits per heavy atom. The van der Waals surface area contributed by atoms with Crippen LogP contribution in [-0.4, -0.2) is 48.7 Å². The van der Waals surface area contributed by atoms with Gasteiger partial charge in [-0.1, -0.05) is 30.3 Å². The zero-order chi connectivity index (χ0) is 23.7. The van der Waals surface area contributed by atoms with E-state index in [1.54, 1.807) is 47.9 Å². The van der Waals surface area contributed by atoms with E-state index < -0.39 is 42.2 Å². The number of carbonyl (C=O) groups excluding carboxylic acids is 3. The van der Waals surface area contributed by atoms with Crippen LogP contribution in [0.2, 0.25) is 0 Å². The number of nitrogens with one attached hydrogen (secondary N) is 3. The number of hydrogen-bond donors (Lipinski definition) is 3. The largest absolute Gasteiger partial charge is 0.471 e. The first-order valence-electron chi connectivity index (χ1n) is 9.37. The topological polar surface area (TPSA) is 87.3 Å². The average Bonchev–Trinajstić information content (AvgIpc) is 2.65. The van der Waals surface area contributed by atoms with Crippen LogP contribution in [0.25, 0.3) is 0 Å². The van der Waals surface area contributed by atoms with E-state index in [2.05, 4.69) is 5.32 Å². The predicted octanol–water partition coefficient (Wildman–Crippen LogP) is 2.63. The monoisotopic (exact) mass is 455 g/mol. The number of hydrogen-bond acceptors (Lipinski definition) is 3. The van der Waals surface area contributed by atoms with Gasteiger partial charge in [0.05, 0.1) is 0 Å². The lowest BCUT2D eigenvalue weighted by Crippen LogP contribution is -2.52. The zero-order valence-electron chi connectivity index (χ0n) is 16.6. The maximum absolute atomic E-state index is 12.6. The van der Waals surface area contributed by atoms with Gasteiger partial charge in [0, 0.05) is 12.6 Å². The summed E-state index contributed by atoms with van der Waals surface area (Å²) < 4.78 is 74.0. The summed E-state index contributed by atoms with van der Waals surface area (Å²) in [5, 5.41) is 5.75. The third kappa shape index (κ3) is 10.2. The maximum atomic E-state index is 12.6. The zero-order valence-corrected chi connectivity index (χ0v) is 16.6. The quantitative estimate of drug-likeness (QED) is 0.375. The second-order valence-electron chi connectivity index (χ2n) is 6.87. The van der Waals surface area contributed by atoms with Gasteiger partial charge < -0.3 is 16.0 Å². The number of benzene rings is 1. The van der Waals surface area contributed by atoms with E-state index in [1.165, 1.54) is 0 Å². The van der Waals surface area contributed by atoms with Crippen molar-refractivity contribution in [3.63, 3.8) is 0 Å². The molecule has 2 unspecified atom stereocenters. The molecule has 0 radical (unpaired) electrons. The van der Waals surface area contributed by atoms with E-state index in [1.807, 2.05) is 0 Å². The van der Waals surface area contributed by atoms with Crippen LogP contribution in [0, 0.1) is 0 Å². The van der Waals surface area contributed by atoms with E-state index in [4.69, 9.17) is 0 Å². The van der Waals surface area contributed by atoms with Crippen LogP contribution in [0.5, 0.6) is 0 Å². The van der Waals surface area contributed by atoms with Crippen LogP contribution in [0.4, 0.5) is 26.3 Å². The van der Waals surface area contributed by atoms with Crippen molar-refractivity contribution in [1.29, 1.82) is 0 Å². The van der Waals surface area contributed by atoms with Crippen molar-refractivity contribution in [1.82, 2.24) is 16.0 Å². The minimum atomic E-state index is -5.20. The third-order valence-corrected chi connectivity index (χ3v) is 4.12. The average molecular weight is 455 g/mol. The van der Waals surface area contributed by atoms with E-state index in [9.17, 15) is 40.7 Å².